The molecule has 0 bridgehead atoms. The fourth-order valence-corrected chi connectivity index (χ4v) is 3.65. The van der Waals surface area contributed by atoms with E-state index in [-0.39, 0.29) is 5.91 Å². The Bertz CT molecular complexity index is 1190. The Kier molecular flexibility index (Phi) is 5.51. The number of nitrogens with two attached hydrogens (primary N) is 2. The summed E-state index contributed by atoms with van der Waals surface area (Å²) in [5, 5.41) is 5.15. The van der Waals surface area contributed by atoms with E-state index in [2.05, 4.69) is 20.3 Å². The van der Waals surface area contributed by atoms with Crippen molar-refractivity contribution < 1.29 is 4.79 Å². The number of benzene rings is 1. The van der Waals surface area contributed by atoms with Crippen LogP contribution in [0.3, 0.4) is 0 Å². The summed E-state index contributed by atoms with van der Waals surface area (Å²) >= 11 is 1.35. The van der Waals surface area contributed by atoms with Gasteiger partial charge in [-0.2, -0.15) is 0 Å². The molecule has 1 aromatic carbocycles. The van der Waals surface area contributed by atoms with Crippen LogP contribution in [0.5, 0.6) is 0 Å². The molecule has 4 aromatic rings. The maximum absolute atomic E-state index is 12.5. The molecule has 3 aromatic heterocycles. The predicted octanol–water partition coefficient (Wildman–Crippen LogP) is 3.87. The standard InChI is InChI=1S/C22H20N6OS/c1-13-2-3-16(10-25-13)19-8-17(11-26-20(19)24)14-4-6-15(7-5-14)21(29)28-22-27-18(9-23)12-30-22/h2-8,10-12H,9,23H2,1H3,(H2,24,26)(H,27,28,29). The number of nitrogen functional groups attached to an aromatic ring is 1. The molecule has 0 unspecified atom stereocenters. The zero-order chi connectivity index (χ0) is 21.1. The number of hydrogen-bond acceptors (Lipinski definition) is 7. The summed E-state index contributed by atoms with van der Waals surface area (Å²) < 4.78 is 0. The minimum Gasteiger partial charge on any atom is -0.383 e. The van der Waals surface area contributed by atoms with Crippen molar-refractivity contribution in [3.8, 4) is 22.3 Å². The van der Waals surface area contributed by atoms with Crippen molar-refractivity contribution in [3.05, 3.63) is 77.2 Å². The van der Waals surface area contributed by atoms with E-state index in [0.717, 1.165) is 33.6 Å². The van der Waals surface area contributed by atoms with Crippen molar-refractivity contribution in [1.82, 2.24) is 15.0 Å². The molecule has 0 aliphatic carbocycles. The number of aryl methyl sites for hydroxylation is 1. The number of aromatic nitrogens is 3. The molecule has 0 spiro atoms. The van der Waals surface area contributed by atoms with Gasteiger partial charge in [-0.1, -0.05) is 18.2 Å². The van der Waals surface area contributed by atoms with Gasteiger partial charge in [-0.25, -0.2) is 9.97 Å². The molecule has 1 amide bonds. The smallest absolute Gasteiger partial charge is 0.257 e. The molecule has 0 aliphatic heterocycles. The van der Waals surface area contributed by atoms with Crippen molar-refractivity contribution in [3.63, 3.8) is 0 Å². The zero-order valence-electron chi connectivity index (χ0n) is 16.3. The third-order valence-electron chi connectivity index (χ3n) is 4.60. The molecule has 0 aliphatic rings. The minimum absolute atomic E-state index is 0.221. The lowest BCUT2D eigenvalue weighted by atomic mass is 10.0. The Morgan fingerprint density at radius 1 is 1.03 bits per heavy atom. The Morgan fingerprint density at radius 3 is 2.43 bits per heavy atom. The van der Waals surface area contributed by atoms with Gasteiger partial charge in [-0.3, -0.25) is 15.1 Å². The van der Waals surface area contributed by atoms with Gasteiger partial charge in [0.15, 0.2) is 5.13 Å². The Labute approximate surface area is 177 Å². The van der Waals surface area contributed by atoms with E-state index in [0.29, 0.717) is 23.1 Å². The Balaban J connectivity index is 1.55. The molecule has 7 nitrogen and oxygen atoms in total. The van der Waals surface area contributed by atoms with Crippen molar-refractivity contribution in [2.45, 2.75) is 13.5 Å². The summed E-state index contributed by atoms with van der Waals surface area (Å²) in [4.78, 5) is 25.4. The van der Waals surface area contributed by atoms with E-state index < -0.39 is 0 Å². The molecule has 0 radical (unpaired) electrons. The zero-order valence-corrected chi connectivity index (χ0v) is 17.1. The number of carbonyl (C=O) groups excluding carboxylic acids is 1. The van der Waals surface area contributed by atoms with Gasteiger partial charge in [0.2, 0.25) is 0 Å². The molecule has 5 N–H and O–H groups in total. The monoisotopic (exact) mass is 416 g/mol. The van der Waals surface area contributed by atoms with E-state index >= 15 is 0 Å². The number of rotatable bonds is 5. The first-order valence-corrected chi connectivity index (χ1v) is 10.2. The van der Waals surface area contributed by atoms with Crippen LogP contribution in [0.15, 0.2) is 60.2 Å². The fourth-order valence-electron chi connectivity index (χ4n) is 2.93. The molecule has 0 saturated heterocycles. The van der Waals surface area contributed by atoms with E-state index in [4.69, 9.17) is 11.5 Å². The van der Waals surface area contributed by atoms with E-state index in [1.165, 1.54) is 11.3 Å². The van der Waals surface area contributed by atoms with Crippen LogP contribution in [-0.4, -0.2) is 20.9 Å². The molecule has 30 heavy (non-hydrogen) atoms. The number of hydrogen-bond donors (Lipinski definition) is 3. The van der Waals surface area contributed by atoms with Crippen LogP contribution in [0, 0.1) is 6.92 Å². The third kappa shape index (κ3) is 4.19. The van der Waals surface area contributed by atoms with E-state index in [1.807, 2.05) is 42.6 Å². The van der Waals surface area contributed by atoms with E-state index in [9.17, 15) is 4.79 Å². The fraction of sp³-hybridized carbons (Fsp3) is 0.0909. The van der Waals surface area contributed by atoms with Crippen LogP contribution in [0.25, 0.3) is 22.3 Å². The molecular weight excluding hydrogens is 396 g/mol. The van der Waals surface area contributed by atoms with Gasteiger partial charge in [0, 0.05) is 52.3 Å². The first-order chi connectivity index (χ1) is 14.5. The van der Waals surface area contributed by atoms with Crippen molar-refractivity contribution >= 4 is 28.2 Å². The second-order valence-electron chi connectivity index (χ2n) is 6.72. The highest BCUT2D eigenvalue weighted by atomic mass is 32.1. The first kappa shape index (κ1) is 19.7. The number of carbonyl (C=O) groups is 1. The highest BCUT2D eigenvalue weighted by molar-refractivity contribution is 7.13. The molecule has 4 rings (SSSR count). The van der Waals surface area contributed by atoms with Gasteiger partial charge in [-0.05, 0) is 36.8 Å². The normalized spacial score (nSPS) is 10.7. The lowest BCUT2D eigenvalue weighted by Gasteiger charge is -2.09. The maximum atomic E-state index is 12.5. The second kappa shape index (κ2) is 8.40. The number of anilines is 2. The molecule has 0 atom stereocenters. The van der Waals surface area contributed by atoms with Gasteiger partial charge in [0.25, 0.3) is 5.91 Å². The Hall–Kier alpha value is -3.62. The quantitative estimate of drug-likeness (QED) is 0.454. The van der Waals surface area contributed by atoms with Gasteiger partial charge in [-0.15, -0.1) is 11.3 Å². The van der Waals surface area contributed by atoms with Crippen molar-refractivity contribution in [1.29, 1.82) is 0 Å². The van der Waals surface area contributed by atoms with Crippen LogP contribution in [0.1, 0.15) is 21.7 Å². The lowest BCUT2D eigenvalue weighted by molar-refractivity contribution is 0.102. The highest BCUT2D eigenvalue weighted by Gasteiger charge is 2.11. The summed E-state index contributed by atoms with van der Waals surface area (Å²) in [6, 6.07) is 13.2. The van der Waals surface area contributed by atoms with E-state index in [1.54, 1.807) is 24.5 Å². The topological polar surface area (TPSA) is 120 Å². The van der Waals surface area contributed by atoms with Crippen molar-refractivity contribution in [2.75, 3.05) is 11.1 Å². The third-order valence-corrected chi connectivity index (χ3v) is 5.41. The largest absolute Gasteiger partial charge is 0.383 e. The van der Waals surface area contributed by atoms with Crippen LogP contribution < -0.4 is 16.8 Å². The molecule has 0 saturated carbocycles. The number of nitrogens with one attached hydrogen (secondary N) is 1. The SMILES string of the molecule is Cc1ccc(-c2cc(-c3ccc(C(=O)Nc4nc(CN)cs4)cc3)cnc2N)cn1. The second-order valence-corrected chi connectivity index (χ2v) is 7.58. The van der Waals surface area contributed by atoms with Crippen LogP contribution in [-0.2, 0) is 6.54 Å². The Morgan fingerprint density at radius 2 is 1.77 bits per heavy atom. The van der Waals surface area contributed by atoms with Crippen molar-refractivity contribution in [2.24, 2.45) is 5.73 Å². The van der Waals surface area contributed by atoms with Gasteiger partial charge >= 0.3 is 0 Å². The van der Waals surface area contributed by atoms with Gasteiger partial charge < -0.3 is 11.5 Å². The average molecular weight is 417 g/mol. The number of pyridine rings is 2. The minimum atomic E-state index is -0.221. The molecule has 150 valence electrons. The summed E-state index contributed by atoms with van der Waals surface area (Å²) in [7, 11) is 0. The summed E-state index contributed by atoms with van der Waals surface area (Å²) in [5.41, 5.74) is 17.4. The number of nitrogens with zero attached hydrogens (tertiary/aromatic N) is 3. The summed E-state index contributed by atoms with van der Waals surface area (Å²) in [5.74, 6) is 0.224. The first-order valence-electron chi connectivity index (χ1n) is 9.28. The van der Waals surface area contributed by atoms with Crippen LogP contribution in [0.2, 0.25) is 0 Å². The summed E-state index contributed by atoms with van der Waals surface area (Å²) in [6.45, 7) is 2.28. The maximum Gasteiger partial charge on any atom is 0.257 e. The van der Waals surface area contributed by atoms with Gasteiger partial charge in [0.1, 0.15) is 5.82 Å². The summed E-state index contributed by atoms with van der Waals surface area (Å²) in [6.07, 6.45) is 3.51. The van der Waals surface area contributed by atoms with Crippen LogP contribution >= 0.6 is 11.3 Å². The number of amides is 1. The molecule has 0 fully saturated rings. The number of thiazole rings is 1. The lowest BCUT2D eigenvalue weighted by Crippen LogP contribution is -2.11. The highest BCUT2D eigenvalue weighted by Crippen LogP contribution is 2.29. The molecule has 3 heterocycles. The average Bonchev–Trinajstić information content (AvgIpc) is 3.22. The molecule has 8 heteroatoms. The van der Waals surface area contributed by atoms with Gasteiger partial charge in [0.05, 0.1) is 5.69 Å². The molecular formula is C22H20N6OS. The van der Waals surface area contributed by atoms with Crippen LogP contribution in [0.4, 0.5) is 10.9 Å². The predicted molar refractivity (Wildman–Crippen MR) is 120 cm³/mol.